The standard InChI is InChI=1S/C24H33N3O4/c1-17(2)13-22(24(29)30)26-16-21-9-7-20(8-10-21)15-25-14-19-5-3-18(4-6-19)11-12-23(28)27-31/h3-10,17,22,25-26,31H,11-16H2,1-2H3,(H,27,28)(H,29,30)/t22-/m0/s1. The van der Waals surface area contributed by atoms with Crippen molar-refractivity contribution in [3.05, 3.63) is 70.8 Å². The summed E-state index contributed by atoms with van der Waals surface area (Å²) in [6.07, 6.45) is 1.45. The molecule has 31 heavy (non-hydrogen) atoms. The van der Waals surface area contributed by atoms with Gasteiger partial charge in [0.05, 0.1) is 0 Å². The van der Waals surface area contributed by atoms with Crippen LogP contribution in [0.3, 0.4) is 0 Å². The first-order chi connectivity index (χ1) is 14.9. The maximum atomic E-state index is 11.3. The first-order valence-electron chi connectivity index (χ1n) is 10.6. The molecule has 0 aromatic heterocycles. The average molecular weight is 428 g/mol. The molecular formula is C24H33N3O4. The van der Waals surface area contributed by atoms with Gasteiger partial charge in [0.15, 0.2) is 0 Å². The van der Waals surface area contributed by atoms with E-state index >= 15 is 0 Å². The molecule has 7 nitrogen and oxygen atoms in total. The molecule has 5 N–H and O–H groups in total. The summed E-state index contributed by atoms with van der Waals surface area (Å²) >= 11 is 0. The Morgan fingerprint density at radius 2 is 1.32 bits per heavy atom. The van der Waals surface area contributed by atoms with Crippen molar-refractivity contribution >= 4 is 11.9 Å². The lowest BCUT2D eigenvalue weighted by molar-refractivity contribution is -0.140. The van der Waals surface area contributed by atoms with E-state index in [1.54, 1.807) is 5.48 Å². The van der Waals surface area contributed by atoms with Crippen molar-refractivity contribution in [1.29, 1.82) is 0 Å². The van der Waals surface area contributed by atoms with E-state index in [2.05, 4.69) is 22.8 Å². The van der Waals surface area contributed by atoms with Gasteiger partial charge in [-0.15, -0.1) is 0 Å². The van der Waals surface area contributed by atoms with Crippen molar-refractivity contribution < 1.29 is 19.9 Å². The second-order valence-corrected chi connectivity index (χ2v) is 8.17. The molecule has 0 bridgehead atoms. The van der Waals surface area contributed by atoms with Gasteiger partial charge in [0.1, 0.15) is 6.04 Å². The molecule has 2 rings (SSSR count). The van der Waals surface area contributed by atoms with Crippen LogP contribution >= 0.6 is 0 Å². The summed E-state index contributed by atoms with van der Waals surface area (Å²) in [5, 5.41) is 24.4. The van der Waals surface area contributed by atoms with Crippen LogP contribution in [-0.4, -0.2) is 28.2 Å². The molecule has 0 spiro atoms. The van der Waals surface area contributed by atoms with Gasteiger partial charge in [0.25, 0.3) is 0 Å². The van der Waals surface area contributed by atoms with Crippen molar-refractivity contribution in [3.63, 3.8) is 0 Å². The van der Waals surface area contributed by atoms with E-state index in [-0.39, 0.29) is 12.3 Å². The van der Waals surface area contributed by atoms with Crippen molar-refractivity contribution in [1.82, 2.24) is 16.1 Å². The molecular weight excluding hydrogens is 394 g/mol. The zero-order valence-corrected chi connectivity index (χ0v) is 18.2. The molecule has 1 atom stereocenters. The molecule has 168 valence electrons. The van der Waals surface area contributed by atoms with Crippen molar-refractivity contribution in [2.75, 3.05) is 0 Å². The second-order valence-electron chi connectivity index (χ2n) is 8.17. The van der Waals surface area contributed by atoms with Crippen LogP contribution in [0.15, 0.2) is 48.5 Å². The van der Waals surface area contributed by atoms with Crippen molar-refractivity contribution in [2.45, 2.75) is 58.8 Å². The molecule has 0 unspecified atom stereocenters. The van der Waals surface area contributed by atoms with E-state index in [0.717, 1.165) is 35.3 Å². The maximum Gasteiger partial charge on any atom is 0.320 e. The molecule has 0 aliphatic heterocycles. The maximum absolute atomic E-state index is 11.3. The molecule has 0 aliphatic rings. The topological polar surface area (TPSA) is 111 Å². The van der Waals surface area contributed by atoms with Crippen LogP contribution < -0.4 is 16.1 Å². The minimum Gasteiger partial charge on any atom is -0.480 e. The van der Waals surface area contributed by atoms with Crippen molar-refractivity contribution in [2.24, 2.45) is 5.92 Å². The first kappa shape index (κ1) is 24.5. The number of benzene rings is 2. The minimum absolute atomic E-state index is 0.258. The van der Waals surface area contributed by atoms with Crippen molar-refractivity contribution in [3.8, 4) is 0 Å². The minimum atomic E-state index is -0.807. The fourth-order valence-corrected chi connectivity index (χ4v) is 3.25. The summed E-state index contributed by atoms with van der Waals surface area (Å²) in [6, 6.07) is 15.7. The van der Waals surface area contributed by atoms with Crippen LogP contribution in [0.4, 0.5) is 0 Å². The fraction of sp³-hybridized carbons (Fsp3) is 0.417. The van der Waals surface area contributed by atoms with Crippen LogP contribution in [0, 0.1) is 5.92 Å². The van der Waals surface area contributed by atoms with Crippen LogP contribution in [0.25, 0.3) is 0 Å². The predicted molar refractivity (Wildman–Crippen MR) is 119 cm³/mol. The van der Waals surface area contributed by atoms with Gasteiger partial charge in [0.2, 0.25) is 5.91 Å². The first-order valence-corrected chi connectivity index (χ1v) is 10.6. The summed E-state index contributed by atoms with van der Waals surface area (Å²) in [5.74, 6) is -0.867. The van der Waals surface area contributed by atoms with Crippen LogP contribution in [-0.2, 0) is 35.6 Å². The lowest BCUT2D eigenvalue weighted by Gasteiger charge is -2.16. The van der Waals surface area contributed by atoms with E-state index in [4.69, 9.17) is 5.21 Å². The molecule has 0 aliphatic carbocycles. The van der Waals surface area contributed by atoms with Crippen LogP contribution in [0.2, 0.25) is 0 Å². The zero-order valence-electron chi connectivity index (χ0n) is 18.2. The Balaban J connectivity index is 1.74. The molecule has 0 radical (unpaired) electrons. The molecule has 2 aromatic carbocycles. The summed E-state index contributed by atoms with van der Waals surface area (Å²) in [7, 11) is 0. The number of hydrogen-bond donors (Lipinski definition) is 5. The molecule has 0 saturated carbocycles. The quantitative estimate of drug-likeness (QED) is 0.248. The van der Waals surface area contributed by atoms with E-state index in [1.807, 2.05) is 50.2 Å². The lowest BCUT2D eigenvalue weighted by atomic mass is 10.0. The number of aryl methyl sites for hydroxylation is 1. The number of carboxylic acids is 1. The van der Waals surface area contributed by atoms with Gasteiger partial charge in [-0.25, -0.2) is 5.48 Å². The summed E-state index contributed by atoms with van der Waals surface area (Å²) in [4.78, 5) is 22.4. The average Bonchev–Trinajstić information content (AvgIpc) is 2.76. The zero-order chi connectivity index (χ0) is 22.6. The number of hydrogen-bond acceptors (Lipinski definition) is 5. The third kappa shape index (κ3) is 9.29. The van der Waals surface area contributed by atoms with E-state index in [9.17, 15) is 14.7 Å². The normalized spacial score (nSPS) is 12.0. The lowest BCUT2D eigenvalue weighted by Crippen LogP contribution is -2.37. The van der Waals surface area contributed by atoms with Crippen LogP contribution in [0.5, 0.6) is 0 Å². The molecule has 7 heteroatoms. The largest absolute Gasteiger partial charge is 0.480 e. The highest BCUT2D eigenvalue weighted by atomic mass is 16.5. The molecule has 2 aromatic rings. The van der Waals surface area contributed by atoms with Gasteiger partial charge in [-0.05, 0) is 41.0 Å². The number of hydroxylamine groups is 1. The number of carbonyl (C=O) groups is 2. The Bertz CT molecular complexity index is 820. The van der Waals surface area contributed by atoms with Gasteiger partial charge < -0.3 is 15.7 Å². The molecule has 0 fully saturated rings. The Labute approximate surface area is 183 Å². The van der Waals surface area contributed by atoms with Gasteiger partial charge in [0, 0.05) is 26.1 Å². The number of carboxylic acid groups (broad SMARTS) is 1. The number of rotatable bonds is 13. The van der Waals surface area contributed by atoms with Crippen LogP contribution in [0.1, 0.15) is 48.9 Å². The highest BCUT2D eigenvalue weighted by Gasteiger charge is 2.17. The SMILES string of the molecule is CC(C)C[C@H](NCc1ccc(CNCc2ccc(CCC(=O)NO)cc2)cc1)C(=O)O. The van der Waals surface area contributed by atoms with E-state index in [1.165, 1.54) is 0 Å². The number of nitrogens with one attached hydrogen (secondary N) is 3. The number of amides is 1. The Morgan fingerprint density at radius 1 is 0.839 bits per heavy atom. The summed E-state index contributed by atoms with van der Waals surface area (Å²) in [5.41, 5.74) is 6.06. The van der Waals surface area contributed by atoms with Gasteiger partial charge >= 0.3 is 5.97 Å². The number of carbonyl (C=O) groups excluding carboxylic acids is 1. The second kappa shape index (κ2) is 12.8. The third-order valence-electron chi connectivity index (χ3n) is 5.03. The third-order valence-corrected chi connectivity index (χ3v) is 5.03. The fourth-order valence-electron chi connectivity index (χ4n) is 3.25. The Kier molecular flexibility index (Phi) is 10.2. The Hall–Kier alpha value is -2.74. The highest BCUT2D eigenvalue weighted by Crippen LogP contribution is 2.10. The number of aliphatic carboxylic acids is 1. The van der Waals surface area contributed by atoms with Gasteiger partial charge in [-0.2, -0.15) is 0 Å². The van der Waals surface area contributed by atoms with Gasteiger partial charge in [-0.1, -0.05) is 62.4 Å². The van der Waals surface area contributed by atoms with E-state index in [0.29, 0.717) is 25.3 Å². The summed E-state index contributed by atoms with van der Waals surface area (Å²) in [6.45, 7) is 6.04. The summed E-state index contributed by atoms with van der Waals surface area (Å²) < 4.78 is 0. The molecule has 1 amide bonds. The van der Waals surface area contributed by atoms with Gasteiger partial charge in [-0.3, -0.25) is 14.8 Å². The highest BCUT2D eigenvalue weighted by molar-refractivity contribution is 5.74. The molecule has 0 saturated heterocycles. The monoisotopic (exact) mass is 427 g/mol. The molecule has 0 heterocycles. The predicted octanol–water partition coefficient (Wildman–Crippen LogP) is 3.00. The van der Waals surface area contributed by atoms with E-state index < -0.39 is 12.0 Å². The smallest absolute Gasteiger partial charge is 0.320 e. The Morgan fingerprint density at radius 3 is 1.77 bits per heavy atom.